The maximum absolute atomic E-state index is 12.5. The molecule has 0 spiro atoms. The summed E-state index contributed by atoms with van der Waals surface area (Å²) in [5.41, 5.74) is 2.50. The third kappa shape index (κ3) is 4.97. The predicted molar refractivity (Wildman–Crippen MR) is 121 cm³/mol. The van der Waals surface area contributed by atoms with Crippen molar-refractivity contribution in [3.05, 3.63) is 52.4 Å². The molecular formula is C20H19N7O3S2. The maximum atomic E-state index is 12.5. The maximum Gasteiger partial charge on any atom is 0.293 e. The number of pyridine rings is 1. The summed E-state index contributed by atoms with van der Waals surface area (Å²) in [6, 6.07) is 5.46. The quantitative estimate of drug-likeness (QED) is 0.409. The minimum atomic E-state index is -0.375. The first-order chi connectivity index (χ1) is 15.4. The zero-order valence-electron chi connectivity index (χ0n) is 17.3. The topological polar surface area (TPSA) is 122 Å². The number of fused-ring (bicyclic) bond motifs is 1. The van der Waals surface area contributed by atoms with Crippen molar-refractivity contribution in [2.45, 2.75) is 19.0 Å². The summed E-state index contributed by atoms with van der Waals surface area (Å²) in [5, 5.41) is 7.15. The normalized spacial score (nSPS) is 15.2. The first-order valence-electron chi connectivity index (χ1n) is 9.66. The van der Waals surface area contributed by atoms with Crippen molar-refractivity contribution in [3.8, 4) is 0 Å². The van der Waals surface area contributed by atoms with Crippen molar-refractivity contribution < 1.29 is 14.4 Å². The van der Waals surface area contributed by atoms with Crippen molar-refractivity contribution in [1.29, 1.82) is 0 Å². The highest BCUT2D eigenvalue weighted by Crippen LogP contribution is 2.31. The van der Waals surface area contributed by atoms with Crippen LogP contribution in [0.3, 0.4) is 0 Å². The SMILES string of the molecule is Cc1cc(C)n2nc(SCC(=O)NCCN3C(=O)SC(=Cc4cccnc4)C3=O)nc2n1. The van der Waals surface area contributed by atoms with Crippen molar-refractivity contribution >= 4 is 52.4 Å². The Kier molecular flexibility index (Phi) is 6.51. The van der Waals surface area contributed by atoms with Gasteiger partial charge in [-0.05, 0) is 49.4 Å². The molecule has 0 bridgehead atoms. The van der Waals surface area contributed by atoms with Crippen LogP contribution in [-0.4, -0.2) is 65.4 Å². The van der Waals surface area contributed by atoms with Gasteiger partial charge in [-0.15, -0.1) is 5.10 Å². The Bertz CT molecular complexity index is 1230. The number of aryl methyl sites for hydroxylation is 2. The van der Waals surface area contributed by atoms with Gasteiger partial charge in [0.15, 0.2) is 0 Å². The van der Waals surface area contributed by atoms with Gasteiger partial charge in [-0.25, -0.2) is 9.50 Å². The Labute approximate surface area is 191 Å². The van der Waals surface area contributed by atoms with Crippen LogP contribution in [-0.2, 0) is 9.59 Å². The summed E-state index contributed by atoms with van der Waals surface area (Å²) in [6.07, 6.45) is 4.88. The molecule has 0 atom stereocenters. The standard InChI is InChI=1S/C20H19N7O3S2/c1-12-8-13(2)27-18(23-12)24-19(25-27)31-11-16(28)22-6-7-26-17(29)15(32-20(26)30)9-14-4-3-5-21-10-14/h3-5,8-10H,6-7,11H2,1-2H3,(H,22,28). The first-order valence-corrected chi connectivity index (χ1v) is 11.5. The molecule has 4 heterocycles. The lowest BCUT2D eigenvalue weighted by Gasteiger charge is -2.12. The van der Waals surface area contributed by atoms with Crippen LogP contribution in [0, 0.1) is 13.8 Å². The number of thioether (sulfide) groups is 2. The number of hydrogen-bond donors (Lipinski definition) is 1. The van der Waals surface area contributed by atoms with E-state index in [0.29, 0.717) is 15.8 Å². The molecule has 12 heteroatoms. The third-order valence-corrected chi connectivity index (χ3v) is 6.19. The van der Waals surface area contributed by atoms with Crippen LogP contribution in [0.4, 0.5) is 4.79 Å². The monoisotopic (exact) mass is 469 g/mol. The molecule has 1 aliphatic rings. The lowest BCUT2D eigenvalue weighted by atomic mass is 10.2. The van der Waals surface area contributed by atoms with Crippen LogP contribution in [0.5, 0.6) is 0 Å². The molecule has 0 saturated carbocycles. The third-order valence-electron chi connectivity index (χ3n) is 4.44. The van der Waals surface area contributed by atoms with E-state index in [0.717, 1.165) is 33.6 Å². The molecule has 3 aromatic heterocycles. The van der Waals surface area contributed by atoms with Crippen molar-refractivity contribution in [1.82, 2.24) is 34.8 Å². The minimum Gasteiger partial charge on any atom is -0.354 e. The predicted octanol–water partition coefficient (Wildman–Crippen LogP) is 2.08. The molecular weight excluding hydrogens is 450 g/mol. The van der Waals surface area contributed by atoms with Gasteiger partial charge in [0.2, 0.25) is 11.1 Å². The van der Waals surface area contributed by atoms with Crippen LogP contribution >= 0.6 is 23.5 Å². The van der Waals surface area contributed by atoms with Crippen molar-refractivity contribution in [3.63, 3.8) is 0 Å². The molecule has 32 heavy (non-hydrogen) atoms. The van der Waals surface area contributed by atoms with Crippen LogP contribution in [0.25, 0.3) is 11.9 Å². The van der Waals surface area contributed by atoms with E-state index < -0.39 is 0 Å². The van der Waals surface area contributed by atoms with E-state index in [1.165, 1.54) is 11.8 Å². The summed E-state index contributed by atoms with van der Waals surface area (Å²) in [4.78, 5) is 50.9. The Morgan fingerprint density at radius 1 is 1.28 bits per heavy atom. The zero-order valence-corrected chi connectivity index (χ0v) is 18.9. The van der Waals surface area contributed by atoms with Gasteiger partial charge in [0, 0.05) is 36.9 Å². The van der Waals surface area contributed by atoms with E-state index in [4.69, 9.17) is 0 Å². The number of hydrogen-bond acceptors (Lipinski definition) is 9. The van der Waals surface area contributed by atoms with E-state index in [-0.39, 0.29) is 35.9 Å². The number of rotatable bonds is 7. The van der Waals surface area contributed by atoms with Crippen LogP contribution in [0.2, 0.25) is 0 Å². The molecule has 4 rings (SSSR count). The second-order valence-corrected chi connectivity index (χ2v) is 8.84. The van der Waals surface area contributed by atoms with Gasteiger partial charge in [-0.2, -0.15) is 4.98 Å². The summed E-state index contributed by atoms with van der Waals surface area (Å²) in [7, 11) is 0. The minimum absolute atomic E-state index is 0.0977. The van der Waals surface area contributed by atoms with Gasteiger partial charge in [0.25, 0.3) is 16.9 Å². The Hall–Kier alpha value is -3.25. The summed E-state index contributed by atoms with van der Waals surface area (Å²) in [5.74, 6) is -0.0196. The van der Waals surface area contributed by atoms with Gasteiger partial charge in [-0.3, -0.25) is 24.3 Å². The molecule has 0 aliphatic carbocycles. The summed E-state index contributed by atoms with van der Waals surface area (Å²) in [6.45, 7) is 4.05. The fourth-order valence-corrected chi connectivity index (χ4v) is 4.52. The average Bonchev–Trinajstić information content (AvgIpc) is 3.29. The van der Waals surface area contributed by atoms with Crippen LogP contribution < -0.4 is 5.32 Å². The number of amides is 3. The smallest absolute Gasteiger partial charge is 0.293 e. The van der Waals surface area contributed by atoms with Crippen LogP contribution in [0.1, 0.15) is 17.0 Å². The Morgan fingerprint density at radius 3 is 2.91 bits per heavy atom. The average molecular weight is 470 g/mol. The van der Waals surface area contributed by atoms with Gasteiger partial charge in [0.05, 0.1) is 10.7 Å². The summed E-state index contributed by atoms with van der Waals surface area (Å²) < 4.78 is 1.63. The molecule has 1 fully saturated rings. The molecule has 10 nitrogen and oxygen atoms in total. The molecule has 3 aromatic rings. The lowest BCUT2D eigenvalue weighted by Crippen LogP contribution is -2.37. The molecule has 164 valence electrons. The Balaban J connectivity index is 1.27. The van der Waals surface area contributed by atoms with E-state index >= 15 is 0 Å². The first kappa shape index (κ1) is 22.0. The molecule has 1 aliphatic heterocycles. The van der Waals surface area contributed by atoms with Gasteiger partial charge < -0.3 is 5.32 Å². The lowest BCUT2D eigenvalue weighted by molar-refractivity contribution is -0.123. The van der Waals surface area contributed by atoms with Crippen molar-refractivity contribution in [2.24, 2.45) is 0 Å². The second kappa shape index (κ2) is 9.49. The fourth-order valence-electron chi connectivity index (χ4n) is 3.00. The highest BCUT2D eigenvalue weighted by Gasteiger charge is 2.34. The van der Waals surface area contributed by atoms with E-state index in [1.807, 2.05) is 19.9 Å². The number of imide groups is 1. The van der Waals surface area contributed by atoms with Gasteiger partial charge >= 0.3 is 0 Å². The highest BCUT2D eigenvalue weighted by atomic mass is 32.2. The largest absolute Gasteiger partial charge is 0.354 e. The number of nitrogens with one attached hydrogen (secondary N) is 1. The number of carbonyl (C=O) groups is 3. The molecule has 0 unspecified atom stereocenters. The zero-order chi connectivity index (χ0) is 22.7. The fraction of sp³-hybridized carbons (Fsp3) is 0.250. The molecule has 0 aromatic carbocycles. The van der Waals surface area contributed by atoms with Crippen LogP contribution in [0.15, 0.2) is 40.7 Å². The number of aromatic nitrogens is 5. The van der Waals surface area contributed by atoms with E-state index in [9.17, 15) is 14.4 Å². The number of nitrogens with zero attached hydrogens (tertiary/aromatic N) is 6. The van der Waals surface area contributed by atoms with Crippen molar-refractivity contribution in [2.75, 3.05) is 18.8 Å². The number of carbonyl (C=O) groups excluding carboxylic acids is 3. The van der Waals surface area contributed by atoms with Gasteiger partial charge in [0.1, 0.15) is 0 Å². The second-order valence-electron chi connectivity index (χ2n) is 6.90. The molecule has 0 radical (unpaired) electrons. The van der Waals surface area contributed by atoms with E-state index in [2.05, 4.69) is 25.4 Å². The molecule has 1 saturated heterocycles. The summed E-state index contributed by atoms with van der Waals surface area (Å²) >= 11 is 2.07. The molecule has 1 N–H and O–H groups in total. The van der Waals surface area contributed by atoms with E-state index in [1.54, 1.807) is 35.1 Å². The van der Waals surface area contributed by atoms with Gasteiger partial charge in [-0.1, -0.05) is 17.8 Å². The Morgan fingerprint density at radius 2 is 2.12 bits per heavy atom. The molecule has 3 amide bonds. The highest BCUT2D eigenvalue weighted by molar-refractivity contribution is 8.18.